The molecule has 0 aromatic rings. The lowest BCUT2D eigenvalue weighted by molar-refractivity contribution is -0.126. The van der Waals surface area contributed by atoms with Crippen LogP contribution in [-0.2, 0) is 4.79 Å². The van der Waals surface area contributed by atoms with Crippen molar-refractivity contribution in [2.75, 3.05) is 0 Å². The van der Waals surface area contributed by atoms with Gasteiger partial charge in [0.15, 0.2) is 11.9 Å². The van der Waals surface area contributed by atoms with Crippen LogP contribution in [0.15, 0.2) is 24.3 Å². The minimum Gasteiger partial charge on any atom is -0.385 e. The Morgan fingerprint density at radius 1 is 1.50 bits per heavy atom. The molecule has 1 aliphatic rings. The van der Waals surface area contributed by atoms with Crippen LogP contribution in [0.5, 0.6) is 0 Å². The summed E-state index contributed by atoms with van der Waals surface area (Å²) in [6, 6.07) is 0. The molecule has 1 rings (SSSR count). The van der Waals surface area contributed by atoms with Crippen LogP contribution < -0.4 is 0 Å². The van der Waals surface area contributed by atoms with Gasteiger partial charge in [-0.15, -0.1) is 0 Å². The molecule has 2 unspecified atom stereocenters. The van der Waals surface area contributed by atoms with Crippen LogP contribution >= 0.6 is 0 Å². The summed E-state index contributed by atoms with van der Waals surface area (Å²) in [5, 5.41) is 18.2. The van der Waals surface area contributed by atoms with E-state index in [-0.39, 0.29) is 0 Å². The highest BCUT2D eigenvalue weighted by Gasteiger charge is 2.31. The molecule has 2 atom stereocenters. The zero-order chi connectivity index (χ0) is 7.61. The first-order valence-corrected chi connectivity index (χ1v) is 2.92. The standard InChI is InChI=1S/C7H8O3/c8-5-7(10)4-2-1-3-6(7)9/h1-6,9-10H. The van der Waals surface area contributed by atoms with Crippen molar-refractivity contribution in [3.8, 4) is 0 Å². The van der Waals surface area contributed by atoms with Crippen molar-refractivity contribution in [1.82, 2.24) is 0 Å². The van der Waals surface area contributed by atoms with E-state index >= 15 is 0 Å². The van der Waals surface area contributed by atoms with E-state index in [0.29, 0.717) is 6.29 Å². The van der Waals surface area contributed by atoms with Crippen LogP contribution in [0.2, 0.25) is 0 Å². The van der Waals surface area contributed by atoms with Gasteiger partial charge in [-0.2, -0.15) is 0 Å². The van der Waals surface area contributed by atoms with Crippen molar-refractivity contribution < 1.29 is 15.0 Å². The number of hydrogen-bond donors (Lipinski definition) is 2. The summed E-state index contributed by atoms with van der Waals surface area (Å²) in [5.41, 5.74) is -1.71. The maximum absolute atomic E-state index is 10.2. The summed E-state index contributed by atoms with van der Waals surface area (Å²) >= 11 is 0. The Labute approximate surface area is 58.3 Å². The van der Waals surface area contributed by atoms with E-state index in [1.165, 1.54) is 18.2 Å². The maximum atomic E-state index is 10.2. The Balaban J connectivity index is 2.87. The lowest BCUT2D eigenvalue weighted by Gasteiger charge is -2.23. The molecule has 3 heteroatoms. The van der Waals surface area contributed by atoms with Crippen LogP contribution in [-0.4, -0.2) is 28.2 Å². The van der Waals surface area contributed by atoms with Crippen LogP contribution in [0.1, 0.15) is 0 Å². The molecular formula is C7H8O3. The Hall–Kier alpha value is -0.930. The first-order valence-electron chi connectivity index (χ1n) is 2.92. The average Bonchev–Trinajstić information content (AvgIpc) is 1.96. The minimum absolute atomic E-state index is 0.317. The molecule has 0 aliphatic heterocycles. The van der Waals surface area contributed by atoms with E-state index in [0.717, 1.165) is 0 Å². The van der Waals surface area contributed by atoms with Crippen LogP contribution in [0.25, 0.3) is 0 Å². The molecule has 0 aromatic carbocycles. The van der Waals surface area contributed by atoms with Gasteiger partial charge in [-0.3, -0.25) is 4.79 Å². The fourth-order valence-electron chi connectivity index (χ4n) is 0.741. The average molecular weight is 140 g/mol. The van der Waals surface area contributed by atoms with Gasteiger partial charge in [-0.25, -0.2) is 0 Å². The van der Waals surface area contributed by atoms with Crippen molar-refractivity contribution in [2.24, 2.45) is 0 Å². The lowest BCUT2D eigenvalue weighted by atomic mass is 9.94. The molecular weight excluding hydrogens is 132 g/mol. The summed E-state index contributed by atoms with van der Waals surface area (Å²) in [7, 11) is 0. The van der Waals surface area contributed by atoms with Gasteiger partial charge in [0.05, 0.1) is 0 Å². The molecule has 0 aromatic heterocycles. The topological polar surface area (TPSA) is 57.5 Å². The second-order valence-corrected chi connectivity index (χ2v) is 2.19. The third-order valence-electron chi connectivity index (χ3n) is 1.43. The highest BCUT2D eigenvalue weighted by atomic mass is 16.3. The van der Waals surface area contributed by atoms with E-state index in [1.807, 2.05) is 0 Å². The van der Waals surface area contributed by atoms with Gasteiger partial charge >= 0.3 is 0 Å². The number of allylic oxidation sites excluding steroid dienone is 2. The van der Waals surface area contributed by atoms with Crippen molar-refractivity contribution in [3.05, 3.63) is 24.3 Å². The molecule has 3 nitrogen and oxygen atoms in total. The zero-order valence-corrected chi connectivity index (χ0v) is 5.27. The molecule has 0 amide bonds. The molecule has 2 N–H and O–H groups in total. The normalized spacial score (nSPS) is 38.0. The molecule has 0 radical (unpaired) electrons. The molecule has 1 aliphatic carbocycles. The quantitative estimate of drug-likeness (QED) is 0.478. The van der Waals surface area contributed by atoms with Crippen LogP contribution in [0, 0.1) is 0 Å². The monoisotopic (exact) mass is 140 g/mol. The van der Waals surface area contributed by atoms with Gasteiger partial charge in [-0.05, 0) is 6.08 Å². The molecule has 10 heavy (non-hydrogen) atoms. The summed E-state index contributed by atoms with van der Waals surface area (Å²) < 4.78 is 0. The number of carbonyl (C=O) groups excluding carboxylic acids is 1. The fraction of sp³-hybridized carbons (Fsp3) is 0.286. The maximum Gasteiger partial charge on any atom is 0.167 e. The predicted molar refractivity (Wildman–Crippen MR) is 35.3 cm³/mol. The van der Waals surface area contributed by atoms with Crippen molar-refractivity contribution >= 4 is 6.29 Å². The van der Waals surface area contributed by atoms with Gasteiger partial charge < -0.3 is 10.2 Å². The van der Waals surface area contributed by atoms with Gasteiger partial charge in [0.2, 0.25) is 0 Å². The van der Waals surface area contributed by atoms with Crippen LogP contribution in [0.3, 0.4) is 0 Å². The van der Waals surface area contributed by atoms with Gasteiger partial charge in [0.25, 0.3) is 0 Å². The number of aldehydes is 1. The fourth-order valence-corrected chi connectivity index (χ4v) is 0.741. The summed E-state index contributed by atoms with van der Waals surface area (Å²) in [4.78, 5) is 10.2. The number of aliphatic hydroxyl groups excluding tert-OH is 1. The number of rotatable bonds is 1. The molecule has 0 fully saturated rings. The zero-order valence-electron chi connectivity index (χ0n) is 5.27. The van der Waals surface area contributed by atoms with E-state index in [2.05, 4.69) is 0 Å². The Kier molecular flexibility index (Phi) is 1.70. The van der Waals surface area contributed by atoms with Gasteiger partial charge in [0, 0.05) is 0 Å². The lowest BCUT2D eigenvalue weighted by Crippen LogP contribution is -2.41. The number of hydrogen-bond acceptors (Lipinski definition) is 3. The molecule has 0 bridgehead atoms. The second kappa shape index (κ2) is 2.36. The highest BCUT2D eigenvalue weighted by Crippen LogP contribution is 2.14. The largest absolute Gasteiger partial charge is 0.385 e. The first kappa shape index (κ1) is 7.18. The van der Waals surface area contributed by atoms with E-state index in [1.54, 1.807) is 6.08 Å². The first-order chi connectivity index (χ1) is 4.69. The second-order valence-electron chi connectivity index (χ2n) is 2.19. The third-order valence-corrected chi connectivity index (χ3v) is 1.43. The summed E-state index contributed by atoms with van der Waals surface area (Å²) in [6.45, 7) is 0. The predicted octanol–water partition coefficient (Wildman–Crippen LogP) is -0.597. The summed E-state index contributed by atoms with van der Waals surface area (Å²) in [5.74, 6) is 0. The molecule has 0 saturated heterocycles. The molecule has 0 spiro atoms. The highest BCUT2D eigenvalue weighted by molar-refractivity contribution is 5.68. The van der Waals surface area contributed by atoms with E-state index in [4.69, 9.17) is 5.11 Å². The molecule has 0 saturated carbocycles. The molecule has 0 heterocycles. The van der Waals surface area contributed by atoms with Crippen molar-refractivity contribution in [2.45, 2.75) is 11.7 Å². The third kappa shape index (κ3) is 1.01. The molecule has 54 valence electrons. The van der Waals surface area contributed by atoms with E-state index in [9.17, 15) is 9.90 Å². The number of aliphatic hydroxyl groups is 2. The smallest absolute Gasteiger partial charge is 0.167 e. The minimum atomic E-state index is -1.71. The Morgan fingerprint density at radius 3 is 2.60 bits per heavy atom. The van der Waals surface area contributed by atoms with Crippen molar-refractivity contribution in [1.29, 1.82) is 0 Å². The van der Waals surface area contributed by atoms with Gasteiger partial charge in [-0.1, -0.05) is 18.2 Å². The Bertz CT molecular complexity index is 195. The van der Waals surface area contributed by atoms with E-state index < -0.39 is 11.7 Å². The van der Waals surface area contributed by atoms with Gasteiger partial charge in [0.1, 0.15) is 6.10 Å². The Morgan fingerprint density at radius 2 is 2.20 bits per heavy atom. The number of carbonyl (C=O) groups is 1. The van der Waals surface area contributed by atoms with Crippen LogP contribution in [0.4, 0.5) is 0 Å². The summed E-state index contributed by atoms with van der Waals surface area (Å²) in [6.07, 6.45) is 4.90. The SMILES string of the molecule is O=CC1(O)C=CC=CC1O. The van der Waals surface area contributed by atoms with Crippen molar-refractivity contribution in [3.63, 3.8) is 0 Å².